The summed E-state index contributed by atoms with van der Waals surface area (Å²) in [6, 6.07) is 7.92. The second-order valence-corrected chi connectivity index (χ2v) is 6.69. The zero-order valence-corrected chi connectivity index (χ0v) is 14.2. The molecule has 2 heterocycles. The molecule has 0 spiro atoms. The number of sulfonamides is 1. The number of hydrogen-bond donors (Lipinski definition) is 2. The van der Waals surface area contributed by atoms with Gasteiger partial charge in [0, 0.05) is 24.3 Å². The molecule has 9 heteroatoms. The largest absolute Gasteiger partial charge is 0.492 e. The van der Waals surface area contributed by atoms with E-state index in [1.54, 1.807) is 37.4 Å². The number of nitrogens with one attached hydrogen (secondary N) is 2. The van der Waals surface area contributed by atoms with Crippen LogP contribution in [0.4, 0.5) is 5.69 Å². The van der Waals surface area contributed by atoms with E-state index in [1.165, 1.54) is 29.2 Å². The van der Waals surface area contributed by atoms with Gasteiger partial charge in [0.05, 0.1) is 18.5 Å². The van der Waals surface area contributed by atoms with E-state index in [2.05, 4.69) is 14.7 Å². The van der Waals surface area contributed by atoms with Crippen LogP contribution in [0.3, 0.4) is 0 Å². The van der Waals surface area contributed by atoms with Crippen molar-refractivity contribution < 1.29 is 13.2 Å². The molecule has 1 aromatic carbocycles. The van der Waals surface area contributed by atoms with Crippen LogP contribution in [0.1, 0.15) is 6.92 Å². The number of nitrogens with zero attached hydrogens (tertiary/aromatic N) is 2. The molecular formula is C16H16N4O4S. The van der Waals surface area contributed by atoms with Gasteiger partial charge in [-0.25, -0.2) is 13.2 Å². The molecule has 3 aromatic rings. The predicted octanol–water partition coefficient (Wildman–Crippen LogP) is 1.76. The van der Waals surface area contributed by atoms with Crippen molar-refractivity contribution in [1.82, 2.24) is 14.5 Å². The minimum absolute atomic E-state index is 0.0391. The third-order valence-corrected chi connectivity index (χ3v) is 4.77. The molecule has 0 radical (unpaired) electrons. The fourth-order valence-electron chi connectivity index (χ4n) is 2.27. The summed E-state index contributed by atoms with van der Waals surface area (Å²) >= 11 is 0. The second kappa shape index (κ2) is 6.81. The van der Waals surface area contributed by atoms with Crippen molar-refractivity contribution in [3.05, 3.63) is 65.6 Å². The van der Waals surface area contributed by atoms with E-state index in [-0.39, 0.29) is 16.3 Å². The summed E-state index contributed by atoms with van der Waals surface area (Å²) in [4.78, 5) is 17.9. The fraction of sp³-hybridized carbons (Fsp3) is 0.125. The average Bonchev–Trinajstić information content (AvgIpc) is 3.02. The lowest BCUT2D eigenvalue weighted by Gasteiger charge is -2.12. The summed E-state index contributed by atoms with van der Waals surface area (Å²) in [5, 5.41) is 0. The Morgan fingerprint density at radius 3 is 2.64 bits per heavy atom. The number of ether oxygens (including phenoxy) is 1. The Balaban J connectivity index is 1.87. The van der Waals surface area contributed by atoms with Gasteiger partial charge >= 0.3 is 5.69 Å². The van der Waals surface area contributed by atoms with Crippen LogP contribution in [-0.4, -0.2) is 29.6 Å². The summed E-state index contributed by atoms with van der Waals surface area (Å²) in [6.07, 6.45) is 5.82. The quantitative estimate of drug-likeness (QED) is 0.697. The Kier molecular flexibility index (Phi) is 4.57. The van der Waals surface area contributed by atoms with Gasteiger partial charge in [0.2, 0.25) is 0 Å². The van der Waals surface area contributed by atoms with Crippen molar-refractivity contribution in [2.75, 3.05) is 11.3 Å². The highest BCUT2D eigenvalue weighted by molar-refractivity contribution is 7.92. The summed E-state index contributed by atoms with van der Waals surface area (Å²) in [5.41, 5.74) is 0.703. The molecule has 0 aliphatic heterocycles. The molecule has 25 heavy (non-hydrogen) atoms. The lowest BCUT2D eigenvalue weighted by Crippen LogP contribution is -2.16. The van der Waals surface area contributed by atoms with Gasteiger partial charge in [-0.05, 0) is 37.3 Å². The van der Waals surface area contributed by atoms with Crippen molar-refractivity contribution in [1.29, 1.82) is 0 Å². The number of benzene rings is 1. The highest BCUT2D eigenvalue weighted by atomic mass is 32.2. The molecule has 0 fully saturated rings. The first kappa shape index (κ1) is 16.8. The number of aromatic nitrogens is 3. The summed E-state index contributed by atoms with van der Waals surface area (Å²) in [7, 11) is -3.85. The fourth-order valence-corrected chi connectivity index (χ4v) is 3.42. The molecule has 8 nitrogen and oxygen atoms in total. The maximum atomic E-state index is 12.6. The van der Waals surface area contributed by atoms with E-state index in [4.69, 9.17) is 4.74 Å². The zero-order chi connectivity index (χ0) is 17.9. The van der Waals surface area contributed by atoms with Crippen LogP contribution in [0.25, 0.3) is 5.69 Å². The van der Waals surface area contributed by atoms with Crippen molar-refractivity contribution in [2.24, 2.45) is 0 Å². The van der Waals surface area contributed by atoms with Crippen LogP contribution < -0.4 is 15.1 Å². The first-order valence-electron chi connectivity index (χ1n) is 7.47. The van der Waals surface area contributed by atoms with Gasteiger partial charge in [0.1, 0.15) is 10.6 Å². The molecule has 0 unspecified atom stereocenters. The van der Waals surface area contributed by atoms with Crippen molar-refractivity contribution in [3.8, 4) is 11.4 Å². The number of aromatic amines is 1. The number of hydrogen-bond acceptors (Lipinski definition) is 5. The van der Waals surface area contributed by atoms with Gasteiger partial charge in [-0.15, -0.1) is 0 Å². The monoisotopic (exact) mass is 360 g/mol. The molecule has 2 aromatic heterocycles. The van der Waals surface area contributed by atoms with Crippen molar-refractivity contribution in [3.63, 3.8) is 0 Å². The maximum Gasteiger partial charge on any atom is 0.330 e. The number of pyridine rings is 1. The Labute approximate surface area is 144 Å². The second-order valence-electron chi connectivity index (χ2n) is 5.04. The van der Waals surface area contributed by atoms with Gasteiger partial charge in [0.25, 0.3) is 10.0 Å². The normalized spacial score (nSPS) is 11.2. The number of imidazole rings is 1. The van der Waals surface area contributed by atoms with Crippen molar-refractivity contribution >= 4 is 15.7 Å². The van der Waals surface area contributed by atoms with Crippen LogP contribution in [0.2, 0.25) is 0 Å². The van der Waals surface area contributed by atoms with Gasteiger partial charge in [-0.1, -0.05) is 0 Å². The Bertz CT molecular complexity index is 1020. The van der Waals surface area contributed by atoms with Crippen LogP contribution in [0.15, 0.2) is 64.8 Å². The first-order chi connectivity index (χ1) is 12.0. The standard InChI is InChI=1S/C16H16N4O4S/c1-2-24-14-7-8-17-11-15(14)25(22,23)19-12-3-5-13(6-4-12)20-10-9-18-16(20)21/h3-11,19H,2H2,1H3,(H,18,21). The molecular weight excluding hydrogens is 344 g/mol. The van der Waals surface area contributed by atoms with E-state index < -0.39 is 10.0 Å². The van der Waals surface area contributed by atoms with Crippen LogP contribution in [-0.2, 0) is 10.0 Å². The number of H-pyrrole nitrogens is 1. The Morgan fingerprint density at radius 1 is 1.24 bits per heavy atom. The molecule has 0 saturated heterocycles. The average molecular weight is 360 g/mol. The van der Waals surface area contributed by atoms with E-state index in [0.717, 1.165) is 0 Å². The topological polar surface area (TPSA) is 106 Å². The molecule has 130 valence electrons. The predicted molar refractivity (Wildman–Crippen MR) is 92.6 cm³/mol. The molecule has 2 N–H and O–H groups in total. The van der Waals surface area contributed by atoms with Crippen molar-refractivity contribution in [2.45, 2.75) is 11.8 Å². The Morgan fingerprint density at radius 2 is 2.00 bits per heavy atom. The molecule has 0 saturated carbocycles. The van der Waals surface area contributed by atoms with E-state index in [9.17, 15) is 13.2 Å². The summed E-state index contributed by atoms with van der Waals surface area (Å²) in [5.74, 6) is 0.237. The zero-order valence-electron chi connectivity index (χ0n) is 13.3. The first-order valence-corrected chi connectivity index (χ1v) is 8.95. The van der Waals surface area contributed by atoms with Crippen LogP contribution in [0, 0.1) is 0 Å². The third kappa shape index (κ3) is 3.56. The molecule has 0 aliphatic carbocycles. The van der Waals surface area contributed by atoms with E-state index in [0.29, 0.717) is 18.0 Å². The lowest BCUT2D eigenvalue weighted by atomic mass is 10.3. The van der Waals surface area contributed by atoms with Gasteiger partial charge < -0.3 is 9.72 Å². The SMILES string of the molecule is CCOc1ccncc1S(=O)(=O)Nc1ccc(-n2cc[nH]c2=O)cc1. The number of rotatable bonds is 6. The molecule has 0 amide bonds. The molecule has 0 atom stereocenters. The smallest absolute Gasteiger partial charge is 0.330 e. The van der Waals surface area contributed by atoms with Crippen LogP contribution >= 0.6 is 0 Å². The van der Waals surface area contributed by atoms with E-state index in [1.807, 2.05) is 0 Å². The lowest BCUT2D eigenvalue weighted by molar-refractivity contribution is 0.330. The number of anilines is 1. The highest BCUT2D eigenvalue weighted by Gasteiger charge is 2.20. The molecule has 3 rings (SSSR count). The molecule has 0 bridgehead atoms. The van der Waals surface area contributed by atoms with Gasteiger partial charge in [-0.3, -0.25) is 14.3 Å². The minimum Gasteiger partial charge on any atom is -0.492 e. The Hall–Kier alpha value is -3.07. The summed E-state index contributed by atoms with van der Waals surface area (Å²) in [6.45, 7) is 2.11. The maximum absolute atomic E-state index is 12.6. The van der Waals surface area contributed by atoms with E-state index >= 15 is 0 Å². The summed E-state index contributed by atoms with van der Waals surface area (Å²) < 4.78 is 34.4. The molecule has 0 aliphatic rings. The van der Waals surface area contributed by atoms with Gasteiger partial charge in [-0.2, -0.15) is 0 Å². The van der Waals surface area contributed by atoms with Gasteiger partial charge in [0.15, 0.2) is 0 Å². The van der Waals surface area contributed by atoms with Crippen LogP contribution in [0.5, 0.6) is 5.75 Å². The minimum atomic E-state index is -3.85. The highest BCUT2D eigenvalue weighted by Crippen LogP contribution is 2.25. The third-order valence-electron chi connectivity index (χ3n) is 3.38.